The molecule has 3 aromatic carbocycles. The summed E-state index contributed by atoms with van der Waals surface area (Å²) in [7, 11) is 0. The molecule has 0 saturated carbocycles. The van der Waals surface area contributed by atoms with Gasteiger partial charge in [-0.15, -0.1) is 0 Å². The van der Waals surface area contributed by atoms with Crippen molar-refractivity contribution < 1.29 is 32.9 Å². The number of nitrogens with zero attached hydrogens (tertiary/aromatic N) is 1. The Hall–Kier alpha value is -3.65. The van der Waals surface area contributed by atoms with Crippen LogP contribution in [0.4, 0.5) is 13.2 Å². The van der Waals surface area contributed by atoms with Crippen LogP contribution in [0.5, 0.6) is 23.0 Å². The van der Waals surface area contributed by atoms with Crippen LogP contribution >= 0.6 is 0 Å². The van der Waals surface area contributed by atoms with Crippen LogP contribution in [0.2, 0.25) is 0 Å². The molecule has 8 heteroatoms. The fourth-order valence-corrected chi connectivity index (χ4v) is 5.45. The number of hydrogen-bond acceptors (Lipinski definition) is 5. The molecule has 39 heavy (non-hydrogen) atoms. The molecular formula is C31H32F3NO4. The number of phenols is 2. The summed E-state index contributed by atoms with van der Waals surface area (Å²) in [6, 6.07) is 15.0. The first-order valence-electron chi connectivity index (χ1n) is 13.1. The van der Waals surface area contributed by atoms with Gasteiger partial charge in [0.25, 0.3) is 0 Å². The number of alkyl halides is 3. The van der Waals surface area contributed by atoms with E-state index in [-0.39, 0.29) is 28.7 Å². The van der Waals surface area contributed by atoms with Gasteiger partial charge < -0.3 is 19.7 Å². The predicted octanol–water partition coefficient (Wildman–Crippen LogP) is 7.29. The van der Waals surface area contributed by atoms with Crippen molar-refractivity contribution in [3.05, 3.63) is 82.9 Å². The van der Waals surface area contributed by atoms with E-state index >= 15 is 0 Å². The van der Waals surface area contributed by atoms with Gasteiger partial charge in [0.05, 0.1) is 5.56 Å². The summed E-state index contributed by atoms with van der Waals surface area (Å²) in [6.45, 7) is 8.75. The number of hydrogen-bond donors (Lipinski definition) is 2. The smallest absolute Gasteiger partial charge is 0.417 e. The molecule has 2 aliphatic rings. The molecular weight excluding hydrogens is 507 g/mol. The Balaban J connectivity index is 1.49. The molecule has 0 bridgehead atoms. The lowest BCUT2D eigenvalue weighted by Crippen LogP contribution is -2.35. The highest BCUT2D eigenvalue weighted by Crippen LogP contribution is 2.50. The van der Waals surface area contributed by atoms with E-state index in [0.29, 0.717) is 40.7 Å². The maximum absolute atomic E-state index is 14.1. The second kappa shape index (κ2) is 10.5. The Labute approximate surface area is 226 Å². The minimum absolute atomic E-state index is 0.0272. The van der Waals surface area contributed by atoms with Crippen molar-refractivity contribution in [3.8, 4) is 23.0 Å². The molecule has 3 unspecified atom stereocenters. The van der Waals surface area contributed by atoms with E-state index in [0.717, 1.165) is 31.3 Å². The summed E-state index contributed by atoms with van der Waals surface area (Å²) in [5.41, 5.74) is 0.852. The molecule has 5 nitrogen and oxygen atoms in total. The molecule has 1 saturated heterocycles. The molecule has 0 aliphatic carbocycles. The Morgan fingerprint density at radius 3 is 2.31 bits per heavy atom. The number of phenolic OH excluding ortho intramolecular Hbond substituents is 2. The summed E-state index contributed by atoms with van der Waals surface area (Å²) in [5, 5.41) is 20.2. The van der Waals surface area contributed by atoms with Crippen LogP contribution in [0.3, 0.4) is 0 Å². The van der Waals surface area contributed by atoms with E-state index in [1.807, 2.05) is 0 Å². The highest BCUT2D eigenvalue weighted by molar-refractivity contribution is 5.96. The maximum atomic E-state index is 14.1. The molecule has 0 amide bonds. The fourth-order valence-electron chi connectivity index (χ4n) is 5.45. The van der Waals surface area contributed by atoms with Crippen molar-refractivity contribution in [2.45, 2.75) is 45.5 Å². The average Bonchev–Trinajstić information content (AvgIpc) is 3.33. The van der Waals surface area contributed by atoms with Crippen molar-refractivity contribution >= 4 is 11.1 Å². The summed E-state index contributed by atoms with van der Waals surface area (Å²) in [6.07, 6.45) is -4.35. The molecule has 206 valence electrons. The van der Waals surface area contributed by atoms with Crippen LogP contribution in [0.15, 0.2) is 60.7 Å². The molecule has 5 rings (SSSR count). The SMILES string of the molecule is CC1=C(c2cc(O)ccc2C(F)(F)F)C(c2ccc(OCC(C)N3CCC(C)C3)cc2)Oc2ccc(O)cc21. The summed E-state index contributed by atoms with van der Waals surface area (Å²) >= 11 is 0. The van der Waals surface area contributed by atoms with E-state index in [1.54, 1.807) is 37.3 Å². The topological polar surface area (TPSA) is 62.2 Å². The molecule has 0 aromatic heterocycles. The lowest BCUT2D eigenvalue weighted by atomic mass is 9.84. The van der Waals surface area contributed by atoms with E-state index in [9.17, 15) is 23.4 Å². The Morgan fingerprint density at radius 1 is 1.00 bits per heavy atom. The number of aromatic hydroxyl groups is 2. The van der Waals surface area contributed by atoms with E-state index in [4.69, 9.17) is 9.47 Å². The number of halogens is 3. The van der Waals surface area contributed by atoms with Gasteiger partial charge in [-0.25, -0.2) is 0 Å². The van der Waals surface area contributed by atoms with Crippen LogP contribution in [0.1, 0.15) is 55.5 Å². The summed E-state index contributed by atoms with van der Waals surface area (Å²) in [5.74, 6) is 1.48. The number of allylic oxidation sites excluding steroid dienone is 1. The number of fused-ring (bicyclic) bond motifs is 1. The first-order chi connectivity index (χ1) is 18.5. The average molecular weight is 540 g/mol. The van der Waals surface area contributed by atoms with Crippen molar-refractivity contribution in [2.24, 2.45) is 5.92 Å². The van der Waals surface area contributed by atoms with Gasteiger partial charge in [0.15, 0.2) is 0 Å². The largest absolute Gasteiger partial charge is 0.508 e. The predicted molar refractivity (Wildman–Crippen MR) is 144 cm³/mol. The van der Waals surface area contributed by atoms with E-state index in [1.165, 1.54) is 18.6 Å². The molecule has 2 aliphatic heterocycles. The molecule has 3 atom stereocenters. The van der Waals surface area contributed by atoms with Crippen LogP contribution in [-0.4, -0.2) is 40.9 Å². The van der Waals surface area contributed by atoms with Gasteiger partial charge in [-0.3, -0.25) is 4.90 Å². The van der Waals surface area contributed by atoms with Crippen LogP contribution in [0, 0.1) is 5.92 Å². The zero-order valence-electron chi connectivity index (χ0n) is 22.1. The Morgan fingerprint density at radius 2 is 1.67 bits per heavy atom. The third kappa shape index (κ3) is 5.57. The minimum atomic E-state index is -4.65. The molecule has 2 N–H and O–H groups in total. The van der Waals surface area contributed by atoms with Crippen molar-refractivity contribution in [3.63, 3.8) is 0 Å². The fraction of sp³-hybridized carbons (Fsp3) is 0.355. The lowest BCUT2D eigenvalue weighted by molar-refractivity contribution is -0.137. The highest BCUT2D eigenvalue weighted by atomic mass is 19.4. The highest BCUT2D eigenvalue weighted by Gasteiger charge is 2.38. The zero-order valence-corrected chi connectivity index (χ0v) is 22.1. The van der Waals surface area contributed by atoms with Gasteiger partial charge in [-0.05, 0) is 98.0 Å². The lowest BCUT2D eigenvalue weighted by Gasteiger charge is -2.32. The molecule has 0 radical (unpaired) electrons. The number of ether oxygens (including phenoxy) is 2. The summed E-state index contributed by atoms with van der Waals surface area (Å²) in [4.78, 5) is 2.41. The van der Waals surface area contributed by atoms with E-state index < -0.39 is 17.8 Å². The Bertz CT molecular complexity index is 1380. The van der Waals surface area contributed by atoms with Gasteiger partial charge >= 0.3 is 6.18 Å². The third-order valence-electron chi connectivity index (χ3n) is 7.63. The molecule has 0 spiro atoms. The van der Waals surface area contributed by atoms with Crippen molar-refractivity contribution in [2.75, 3.05) is 19.7 Å². The van der Waals surface area contributed by atoms with Crippen LogP contribution in [0.25, 0.3) is 11.1 Å². The maximum Gasteiger partial charge on any atom is 0.417 e. The van der Waals surface area contributed by atoms with Crippen LogP contribution < -0.4 is 9.47 Å². The van der Waals surface area contributed by atoms with Gasteiger partial charge in [0.1, 0.15) is 35.7 Å². The minimum Gasteiger partial charge on any atom is -0.508 e. The zero-order chi connectivity index (χ0) is 27.9. The molecule has 2 heterocycles. The standard InChI is InChI=1S/C31H32F3NO4/c1-18-12-13-35(16-18)19(2)17-38-24-8-4-21(5-9-24)30-29(20(3)25-14-23(37)7-11-28(25)39-30)26-15-22(36)6-10-27(26)31(32,33)34/h4-11,14-15,18-19,30,36-37H,12-13,16-17H2,1-3H3. The van der Waals surface area contributed by atoms with Crippen LogP contribution in [-0.2, 0) is 6.18 Å². The number of likely N-dealkylation sites (tertiary alicyclic amines) is 1. The monoisotopic (exact) mass is 539 g/mol. The molecule has 3 aromatic rings. The van der Waals surface area contributed by atoms with Gasteiger partial charge in [0.2, 0.25) is 0 Å². The third-order valence-corrected chi connectivity index (χ3v) is 7.63. The number of benzene rings is 3. The summed E-state index contributed by atoms with van der Waals surface area (Å²) < 4.78 is 54.6. The first-order valence-corrected chi connectivity index (χ1v) is 13.1. The van der Waals surface area contributed by atoms with Crippen molar-refractivity contribution in [1.29, 1.82) is 0 Å². The molecule has 1 fully saturated rings. The second-order valence-electron chi connectivity index (χ2n) is 10.6. The van der Waals surface area contributed by atoms with Gasteiger partial charge in [-0.1, -0.05) is 19.1 Å². The normalized spacial score (nSPS) is 20.5. The quantitative estimate of drug-likeness (QED) is 0.345. The first kappa shape index (κ1) is 26.9. The van der Waals surface area contributed by atoms with E-state index in [2.05, 4.69) is 18.7 Å². The van der Waals surface area contributed by atoms with Gasteiger partial charge in [-0.2, -0.15) is 13.2 Å². The van der Waals surface area contributed by atoms with Gasteiger partial charge in [0, 0.05) is 23.7 Å². The Kier molecular flexibility index (Phi) is 7.25. The van der Waals surface area contributed by atoms with Crippen molar-refractivity contribution in [1.82, 2.24) is 4.90 Å². The number of rotatable bonds is 6. The second-order valence-corrected chi connectivity index (χ2v) is 10.6.